The Morgan fingerprint density at radius 3 is 2.47 bits per heavy atom. The van der Waals surface area contributed by atoms with Gasteiger partial charge >= 0.3 is 12.1 Å². The van der Waals surface area contributed by atoms with Crippen LogP contribution in [0, 0.1) is 18.3 Å². The number of carbonyl (C=O) groups is 3. The van der Waals surface area contributed by atoms with Crippen molar-refractivity contribution >= 4 is 35.2 Å². The molecule has 2 aliphatic rings. The third-order valence-electron chi connectivity index (χ3n) is 6.07. The fraction of sp³-hybridized carbons (Fsp3) is 0.231. The summed E-state index contributed by atoms with van der Waals surface area (Å²) in [5, 5.41) is 11.9. The maximum atomic E-state index is 13.7. The first-order chi connectivity index (χ1) is 18.0. The first-order valence-electron chi connectivity index (χ1n) is 11.2. The van der Waals surface area contributed by atoms with Crippen LogP contribution in [0.2, 0.25) is 0 Å². The number of amides is 2. The lowest BCUT2D eigenvalue weighted by atomic mass is 9.82. The zero-order chi connectivity index (χ0) is 27.8. The van der Waals surface area contributed by atoms with E-state index in [0.717, 1.165) is 34.4 Å². The minimum absolute atomic E-state index is 0.0530. The van der Waals surface area contributed by atoms with E-state index >= 15 is 0 Å². The molecule has 2 atom stereocenters. The van der Waals surface area contributed by atoms with Crippen LogP contribution in [0.3, 0.4) is 0 Å². The summed E-state index contributed by atoms with van der Waals surface area (Å²) < 4.78 is 44.3. The maximum Gasteiger partial charge on any atom is 0.416 e. The number of fused-ring (bicyclic) bond motifs is 1. The Hall–Kier alpha value is -4.24. The van der Waals surface area contributed by atoms with Gasteiger partial charge in [-0.15, -0.1) is 0 Å². The van der Waals surface area contributed by atoms with E-state index in [4.69, 9.17) is 5.73 Å². The Labute approximate surface area is 219 Å². The zero-order valence-corrected chi connectivity index (χ0v) is 20.9. The summed E-state index contributed by atoms with van der Waals surface area (Å²) >= 11 is 0.909. The number of rotatable bonds is 5. The van der Waals surface area contributed by atoms with Crippen molar-refractivity contribution in [3.8, 4) is 6.07 Å². The molecular formula is C26H21F3N4O4S. The van der Waals surface area contributed by atoms with Crippen molar-refractivity contribution in [2.75, 3.05) is 12.4 Å². The topological polar surface area (TPSA) is 126 Å². The number of nitrogens with zero attached hydrogens (tertiary/aromatic N) is 2. The number of nitrogens with two attached hydrogens (primary N) is 1. The summed E-state index contributed by atoms with van der Waals surface area (Å²) in [6.07, 6.45) is -4.90. The summed E-state index contributed by atoms with van der Waals surface area (Å²) in [5.74, 6) is -3.39. The molecule has 2 aromatic carbocycles. The van der Waals surface area contributed by atoms with Crippen LogP contribution < -0.4 is 11.1 Å². The van der Waals surface area contributed by atoms with Crippen LogP contribution in [-0.2, 0) is 25.3 Å². The minimum Gasteiger partial charge on any atom is -0.469 e. The number of methoxy groups -OCH3 is 1. The maximum absolute atomic E-state index is 13.7. The summed E-state index contributed by atoms with van der Waals surface area (Å²) in [4.78, 5) is 39.9. The molecule has 2 aliphatic heterocycles. The zero-order valence-electron chi connectivity index (χ0n) is 20.1. The number of benzene rings is 2. The highest BCUT2D eigenvalue weighted by Gasteiger charge is 2.48. The van der Waals surface area contributed by atoms with Crippen molar-refractivity contribution in [3.63, 3.8) is 0 Å². The van der Waals surface area contributed by atoms with Gasteiger partial charge in [0.1, 0.15) is 11.1 Å². The van der Waals surface area contributed by atoms with E-state index in [1.165, 1.54) is 19.2 Å². The van der Waals surface area contributed by atoms with Gasteiger partial charge in [0.05, 0.1) is 47.3 Å². The number of allylic oxidation sites excluding steroid dienone is 1. The number of thioether (sulfide) groups is 1. The largest absolute Gasteiger partial charge is 0.469 e. The quantitative estimate of drug-likeness (QED) is 0.544. The highest BCUT2D eigenvalue weighted by molar-refractivity contribution is 8.04. The van der Waals surface area contributed by atoms with Gasteiger partial charge in [-0.1, -0.05) is 36.0 Å². The lowest BCUT2D eigenvalue weighted by Crippen LogP contribution is -2.39. The van der Waals surface area contributed by atoms with E-state index in [0.29, 0.717) is 5.69 Å². The standard InChI is InChI=1S/C26H21F3N4O4S/c1-13-4-3-5-16(10-13)32-23(35)21-20(14-6-8-15(9-7-14)26(27,28)29)17(12-30)22(31)33-24(36)18(38-25(21)33)11-19(34)37-2/h3-10,18,20H,11,31H2,1-2H3,(H,32,35). The molecule has 0 spiro atoms. The Morgan fingerprint density at radius 2 is 1.89 bits per heavy atom. The van der Waals surface area contributed by atoms with E-state index in [1.54, 1.807) is 18.2 Å². The smallest absolute Gasteiger partial charge is 0.416 e. The van der Waals surface area contributed by atoms with E-state index in [-0.39, 0.29) is 34.0 Å². The molecule has 0 bridgehead atoms. The molecular weight excluding hydrogens is 521 g/mol. The van der Waals surface area contributed by atoms with Gasteiger partial charge < -0.3 is 15.8 Å². The predicted octanol–water partition coefficient (Wildman–Crippen LogP) is 4.16. The number of esters is 1. The van der Waals surface area contributed by atoms with Crippen molar-refractivity contribution in [1.82, 2.24) is 4.90 Å². The van der Waals surface area contributed by atoms with Crippen LogP contribution in [-0.4, -0.2) is 35.0 Å². The number of nitriles is 1. The van der Waals surface area contributed by atoms with Gasteiger partial charge in [-0.05, 0) is 42.3 Å². The number of halogens is 3. The second-order valence-corrected chi connectivity index (χ2v) is 9.76. The van der Waals surface area contributed by atoms with Crippen LogP contribution in [0.25, 0.3) is 0 Å². The fourth-order valence-corrected chi connectivity index (χ4v) is 5.59. The average Bonchev–Trinajstić information content (AvgIpc) is 3.18. The number of anilines is 1. The second kappa shape index (κ2) is 10.3. The van der Waals surface area contributed by atoms with Crippen LogP contribution in [0.5, 0.6) is 0 Å². The van der Waals surface area contributed by atoms with Gasteiger partial charge in [-0.2, -0.15) is 18.4 Å². The molecule has 1 saturated heterocycles. The van der Waals surface area contributed by atoms with Crippen LogP contribution in [0.4, 0.5) is 18.9 Å². The summed E-state index contributed by atoms with van der Waals surface area (Å²) in [5.41, 5.74) is 6.58. The monoisotopic (exact) mass is 542 g/mol. The molecule has 0 aliphatic carbocycles. The van der Waals surface area contributed by atoms with Crippen molar-refractivity contribution in [3.05, 3.63) is 87.2 Å². The van der Waals surface area contributed by atoms with Crippen LogP contribution in [0.15, 0.2) is 70.5 Å². The molecule has 2 unspecified atom stereocenters. The predicted molar refractivity (Wildman–Crippen MR) is 133 cm³/mol. The first kappa shape index (κ1) is 26.8. The Kier molecular flexibility index (Phi) is 7.24. The average molecular weight is 543 g/mol. The number of carbonyl (C=O) groups excluding carboxylic acids is 3. The normalized spacial score (nSPS) is 19.3. The highest BCUT2D eigenvalue weighted by atomic mass is 32.2. The Balaban J connectivity index is 1.88. The van der Waals surface area contributed by atoms with Gasteiger partial charge in [-0.25, -0.2) is 0 Å². The van der Waals surface area contributed by atoms with E-state index in [1.807, 2.05) is 19.1 Å². The van der Waals surface area contributed by atoms with E-state index in [2.05, 4.69) is 10.1 Å². The van der Waals surface area contributed by atoms with Crippen LogP contribution in [0.1, 0.15) is 29.0 Å². The summed E-state index contributed by atoms with van der Waals surface area (Å²) in [7, 11) is 1.17. The fourth-order valence-electron chi connectivity index (χ4n) is 4.26. The molecule has 2 amide bonds. The summed E-state index contributed by atoms with van der Waals surface area (Å²) in [6, 6.07) is 12.9. The van der Waals surface area contributed by atoms with Gasteiger partial charge in [-0.3, -0.25) is 19.3 Å². The minimum atomic E-state index is -4.59. The molecule has 2 heterocycles. The molecule has 38 heavy (non-hydrogen) atoms. The lowest BCUT2D eigenvalue weighted by Gasteiger charge is -2.32. The highest BCUT2D eigenvalue weighted by Crippen LogP contribution is 2.50. The molecule has 0 aromatic heterocycles. The van der Waals surface area contributed by atoms with Gasteiger partial charge in [0, 0.05) is 5.69 Å². The lowest BCUT2D eigenvalue weighted by molar-refractivity contribution is -0.142. The van der Waals surface area contributed by atoms with E-state index in [9.17, 15) is 32.8 Å². The second-order valence-electron chi connectivity index (χ2n) is 8.57. The molecule has 0 saturated carbocycles. The molecule has 4 rings (SSSR count). The van der Waals surface area contributed by atoms with Crippen LogP contribution >= 0.6 is 11.8 Å². The molecule has 2 aromatic rings. The Morgan fingerprint density at radius 1 is 1.21 bits per heavy atom. The van der Waals surface area contributed by atoms with Crippen molar-refractivity contribution in [1.29, 1.82) is 5.26 Å². The van der Waals surface area contributed by atoms with Gasteiger partial charge in [0.25, 0.3) is 5.91 Å². The van der Waals surface area contributed by atoms with Crippen molar-refractivity contribution in [2.45, 2.75) is 30.7 Å². The number of alkyl halides is 3. The van der Waals surface area contributed by atoms with Crippen molar-refractivity contribution < 1.29 is 32.3 Å². The molecule has 1 fully saturated rings. The number of ether oxygens (including phenoxy) is 1. The molecule has 12 heteroatoms. The number of hydrogen-bond acceptors (Lipinski definition) is 7. The van der Waals surface area contributed by atoms with Gasteiger partial charge in [0.15, 0.2) is 0 Å². The third-order valence-corrected chi connectivity index (χ3v) is 7.35. The molecule has 3 N–H and O–H groups in total. The number of hydrogen-bond donors (Lipinski definition) is 2. The number of aryl methyl sites for hydroxylation is 1. The van der Waals surface area contributed by atoms with E-state index < -0.39 is 40.7 Å². The molecule has 196 valence electrons. The van der Waals surface area contributed by atoms with Crippen molar-refractivity contribution in [2.24, 2.45) is 5.73 Å². The summed E-state index contributed by atoms with van der Waals surface area (Å²) in [6.45, 7) is 1.82. The first-order valence-corrected chi connectivity index (χ1v) is 12.1. The SMILES string of the molecule is COC(=O)CC1SC2=C(C(=O)Nc3cccc(C)c3)C(c3ccc(C(F)(F)F)cc3)C(C#N)=C(N)N2C1=O. The Bertz CT molecular complexity index is 1430. The molecule has 0 radical (unpaired) electrons. The van der Waals surface area contributed by atoms with Gasteiger partial charge in [0.2, 0.25) is 5.91 Å². The molecule has 8 nitrogen and oxygen atoms in total. The third kappa shape index (κ3) is 4.97. The number of nitrogens with one attached hydrogen (secondary N) is 1.